The number of hydrogen-bond acceptors (Lipinski definition) is 3. The molecule has 1 aliphatic rings. The fraction of sp³-hybridized carbons (Fsp3) is 0.474. The van der Waals surface area contributed by atoms with Crippen molar-refractivity contribution in [2.24, 2.45) is 7.05 Å². The van der Waals surface area contributed by atoms with E-state index in [1.165, 1.54) is 0 Å². The van der Waals surface area contributed by atoms with Gasteiger partial charge in [0.1, 0.15) is 0 Å². The predicted molar refractivity (Wildman–Crippen MR) is 97.9 cm³/mol. The van der Waals surface area contributed by atoms with Crippen molar-refractivity contribution in [3.05, 3.63) is 46.3 Å². The third kappa shape index (κ3) is 3.39. The minimum atomic E-state index is -0.118. The van der Waals surface area contributed by atoms with Gasteiger partial charge in [-0.15, -0.1) is 0 Å². The number of urea groups is 1. The number of carbonyl (C=O) groups excluding carboxylic acids is 1. The highest BCUT2D eigenvalue weighted by molar-refractivity contribution is 5.90. The summed E-state index contributed by atoms with van der Waals surface area (Å²) in [7, 11) is 1.93. The minimum absolute atomic E-state index is 0.0929. The lowest BCUT2D eigenvalue weighted by atomic mass is 10.0. The first-order valence-electron chi connectivity index (χ1n) is 8.61. The minimum Gasteiger partial charge on any atom is -0.377 e. The Hall–Kier alpha value is -2.34. The zero-order chi connectivity index (χ0) is 18.1. The van der Waals surface area contributed by atoms with E-state index in [0.717, 1.165) is 33.8 Å². The average Bonchev–Trinajstić information content (AvgIpc) is 2.83. The van der Waals surface area contributed by atoms with Crippen LogP contribution in [0.5, 0.6) is 0 Å². The fourth-order valence-electron chi connectivity index (χ4n) is 3.42. The Morgan fingerprint density at radius 3 is 2.72 bits per heavy atom. The first kappa shape index (κ1) is 17.5. The summed E-state index contributed by atoms with van der Waals surface area (Å²) < 4.78 is 7.53. The molecular weight excluding hydrogens is 316 g/mol. The van der Waals surface area contributed by atoms with Crippen LogP contribution in [0.2, 0.25) is 0 Å². The topological polar surface area (TPSA) is 59.4 Å². The van der Waals surface area contributed by atoms with Crippen molar-refractivity contribution < 1.29 is 9.53 Å². The third-order valence-corrected chi connectivity index (χ3v) is 4.92. The van der Waals surface area contributed by atoms with Crippen LogP contribution in [0.1, 0.15) is 34.1 Å². The molecule has 1 saturated heterocycles. The van der Waals surface area contributed by atoms with Gasteiger partial charge in [0.25, 0.3) is 0 Å². The summed E-state index contributed by atoms with van der Waals surface area (Å²) in [6.45, 7) is 9.65. The first-order valence-corrected chi connectivity index (χ1v) is 8.61. The molecule has 1 aromatic heterocycles. The Bertz CT molecular complexity index is 797. The summed E-state index contributed by atoms with van der Waals surface area (Å²) in [6.07, 6.45) is 0. The zero-order valence-corrected chi connectivity index (χ0v) is 15.6. The molecule has 1 atom stereocenters. The van der Waals surface area contributed by atoms with E-state index in [2.05, 4.69) is 10.4 Å². The Balaban J connectivity index is 1.88. The van der Waals surface area contributed by atoms with E-state index in [-0.39, 0.29) is 12.1 Å². The number of nitrogens with one attached hydrogen (secondary N) is 1. The number of benzene rings is 1. The highest BCUT2D eigenvalue weighted by Gasteiger charge is 2.32. The number of rotatable bonds is 2. The van der Waals surface area contributed by atoms with Crippen molar-refractivity contribution in [1.82, 2.24) is 14.7 Å². The Morgan fingerprint density at radius 2 is 2.04 bits per heavy atom. The number of ether oxygens (including phenoxy) is 1. The van der Waals surface area contributed by atoms with Crippen molar-refractivity contribution in [2.75, 3.05) is 25.1 Å². The lowest BCUT2D eigenvalue weighted by molar-refractivity contribution is 0.0143. The Morgan fingerprint density at radius 1 is 1.28 bits per heavy atom. The molecule has 0 radical (unpaired) electrons. The van der Waals surface area contributed by atoms with E-state index in [4.69, 9.17) is 4.74 Å². The van der Waals surface area contributed by atoms with Crippen LogP contribution in [-0.4, -0.2) is 40.5 Å². The zero-order valence-electron chi connectivity index (χ0n) is 15.6. The lowest BCUT2D eigenvalue weighted by Gasteiger charge is -2.36. The van der Waals surface area contributed by atoms with Gasteiger partial charge >= 0.3 is 6.03 Å². The van der Waals surface area contributed by atoms with E-state index in [1.54, 1.807) is 0 Å². The van der Waals surface area contributed by atoms with Crippen molar-refractivity contribution in [2.45, 2.75) is 33.7 Å². The largest absolute Gasteiger partial charge is 0.377 e. The van der Waals surface area contributed by atoms with Gasteiger partial charge in [-0.2, -0.15) is 5.10 Å². The fourth-order valence-corrected chi connectivity index (χ4v) is 3.42. The molecule has 0 unspecified atom stereocenters. The standard InChI is InChI=1S/C19H26N4O2/c1-12-6-7-13(2)16(10-12)20-19(24)23-8-9-25-11-17(23)18-14(3)21-22(5)15(18)4/h6-7,10,17H,8-9,11H2,1-5H3,(H,20,24)/t17-/m0/s1. The highest BCUT2D eigenvalue weighted by Crippen LogP contribution is 2.30. The van der Waals surface area contributed by atoms with E-state index in [1.807, 2.05) is 62.5 Å². The van der Waals surface area contributed by atoms with Crippen LogP contribution in [0.4, 0.5) is 10.5 Å². The molecule has 1 fully saturated rings. The van der Waals surface area contributed by atoms with E-state index in [0.29, 0.717) is 19.8 Å². The van der Waals surface area contributed by atoms with E-state index in [9.17, 15) is 4.79 Å². The van der Waals surface area contributed by atoms with Gasteiger partial charge < -0.3 is 15.0 Å². The molecule has 134 valence electrons. The Kier molecular flexibility index (Phi) is 4.81. The molecule has 2 aromatic rings. The third-order valence-electron chi connectivity index (χ3n) is 4.92. The molecule has 3 rings (SSSR count). The van der Waals surface area contributed by atoms with E-state index < -0.39 is 0 Å². The highest BCUT2D eigenvalue weighted by atomic mass is 16.5. The molecule has 0 saturated carbocycles. The molecule has 1 aromatic carbocycles. The van der Waals surface area contributed by atoms with Gasteiger partial charge in [0, 0.05) is 30.5 Å². The molecule has 6 heteroatoms. The summed E-state index contributed by atoms with van der Waals surface area (Å²) in [5.74, 6) is 0. The molecule has 2 amide bonds. The predicted octanol–water partition coefficient (Wildman–Crippen LogP) is 3.26. The van der Waals surface area contributed by atoms with Crippen LogP contribution in [-0.2, 0) is 11.8 Å². The second kappa shape index (κ2) is 6.88. The summed E-state index contributed by atoms with van der Waals surface area (Å²) in [6, 6.07) is 5.86. The number of nitrogens with zero attached hydrogens (tertiary/aromatic N) is 3. The van der Waals surface area contributed by atoms with Crippen LogP contribution in [0.15, 0.2) is 18.2 Å². The van der Waals surface area contributed by atoms with Gasteiger partial charge in [0.15, 0.2) is 0 Å². The maximum atomic E-state index is 13.0. The van der Waals surface area contributed by atoms with Crippen LogP contribution in [0, 0.1) is 27.7 Å². The summed E-state index contributed by atoms with van der Waals surface area (Å²) in [4.78, 5) is 14.8. The maximum absolute atomic E-state index is 13.0. The van der Waals surface area contributed by atoms with Crippen LogP contribution >= 0.6 is 0 Å². The van der Waals surface area contributed by atoms with Gasteiger partial charge in [-0.1, -0.05) is 12.1 Å². The summed E-state index contributed by atoms with van der Waals surface area (Å²) >= 11 is 0. The molecular formula is C19H26N4O2. The number of aryl methyl sites for hydroxylation is 4. The number of morpholine rings is 1. The molecule has 6 nitrogen and oxygen atoms in total. The number of anilines is 1. The van der Waals surface area contributed by atoms with Crippen LogP contribution < -0.4 is 5.32 Å². The number of aromatic nitrogens is 2. The molecule has 2 heterocycles. The summed E-state index contributed by atoms with van der Waals surface area (Å²) in [5, 5.41) is 7.56. The number of carbonyl (C=O) groups is 1. The monoisotopic (exact) mass is 342 g/mol. The summed E-state index contributed by atoms with van der Waals surface area (Å²) in [5.41, 5.74) is 6.13. The smallest absolute Gasteiger partial charge is 0.322 e. The van der Waals surface area contributed by atoms with Crippen molar-refractivity contribution in [1.29, 1.82) is 0 Å². The normalized spacial score (nSPS) is 17.6. The second-order valence-electron chi connectivity index (χ2n) is 6.74. The molecule has 0 spiro atoms. The quantitative estimate of drug-likeness (QED) is 0.911. The van der Waals surface area contributed by atoms with Crippen molar-refractivity contribution in [3.8, 4) is 0 Å². The van der Waals surface area contributed by atoms with Gasteiger partial charge in [0.2, 0.25) is 0 Å². The first-order chi connectivity index (χ1) is 11.9. The van der Waals surface area contributed by atoms with Crippen molar-refractivity contribution >= 4 is 11.7 Å². The van der Waals surface area contributed by atoms with Gasteiger partial charge in [-0.05, 0) is 44.9 Å². The second-order valence-corrected chi connectivity index (χ2v) is 6.74. The van der Waals surface area contributed by atoms with Crippen LogP contribution in [0.25, 0.3) is 0 Å². The SMILES string of the molecule is Cc1ccc(C)c(NC(=O)N2CCOC[C@H]2c2c(C)nn(C)c2C)c1. The van der Waals surface area contributed by atoms with E-state index >= 15 is 0 Å². The molecule has 25 heavy (non-hydrogen) atoms. The van der Waals surface area contributed by atoms with Gasteiger partial charge in [-0.3, -0.25) is 4.68 Å². The number of amides is 2. The maximum Gasteiger partial charge on any atom is 0.322 e. The van der Waals surface area contributed by atoms with Gasteiger partial charge in [0.05, 0.1) is 24.9 Å². The van der Waals surface area contributed by atoms with Gasteiger partial charge in [-0.25, -0.2) is 4.79 Å². The molecule has 0 bridgehead atoms. The molecule has 0 aliphatic carbocycles. The molecule has 1 N–H and O–H groups in total. The molecule has 1 aliphatic heterocycles. The average molecular weight is 342 g/mol. The van der Waals surface area contributed by atoms with Crippen LogP contribution in [0.3, 0.4) is 0 Å². The van der Waals surface area contributed by atoms with Crippen molar-refractivity contribution in [3.63, 3.8) is 0 Å². The number of hydrogen-bond donors (Lipinski definition) is 1. The lowest BCUT2D eigenvalue weighted by Crippen LogP contribution is -2.45. The Labute approximate surface area is 148 Å².